The van der Waals surface area contributed by atoms with E-state index in [0.29, 0.717) is 23.2 Å². The Morgan fingerprint density at radius 1 is 1.32 bits per heavy atom. The molecule has 0 aromatic rings. The van der Waals surface area contributed by atoms with Crippen molar-refractivity contribution in [3.05, 3.63) is 0 Å². The van der Waals surface area contributed by atoms with E-state index in [1.54, 1.807) is 0 Å². The molecule has 1 aliphatic carbocycles. The van der Waals surface area contributed by atoms with Crippen LogP contribution in [0.1, 0.15) is 52.9 Å². The molecule has 110 valence electrons. The van der Waals surface area contributed by atoms with Crippen LogP contribution in [-0.4, -0.2) is 46.5 Å². The largest absolute Gasteiger partial charge is 0.339 e. The number of nitrogens with zero attached hydrogens (tertiary/aromatic N) is 1. The molecule has 1 aliphatic heterocycles. The van der Waals surface area contributed by atoms with Gasteiger partial charge in [0.05, 0.1) is 6.04 Å². The van der Waals surface area contributed by atoms with Gasteiger partial charge < -0.3 is 10.2 Å². The van der Waals surface area contributed by atoms with Crippen molar-refractivity contribution in [3.63, 3.8) is 0 Å². The van der Waals surface area contributed by atoms with Crippen LogP contribution in [0.25, 0.3) is 0 Å². The fraction of sp³-hybridized carbons (Fsp3) is 0.933. The van der Waals surface area contributed by atoms with Gasteiger partial charge in [-0.1, -0.05) is 19.8 Å². The zero-order valence-corrected chi connectivity index (χ0v) is 13.3. The second-order valence-corrected chi connectivity index (χ2v) is 7.53. The number of thioether (sulfide) groups is 1. The summed E-state index contributed by atoms with van der Waals surface area (Å²) in [4.78, 5) is 14.4. The maximum absolute atomic E-state index is 12.3. The molecule has 2 aliphatic rings. The van der Waals surface area contributed by atoms with Crippen LogP contribution in [-0.2, 0) is 4.79 Å². The molecule has 0 aromatic heterocycles. The van der Waals surface area contributed by atoms with E-state index in [1.807, 2.05) is 4.90 Å². The van der Waals surface area contributed by atoms with E-state index in [-0.39, 0.29) is 6.04 Å². The van der Waals surface area contributed by atoms with Crippen LogP contribution < -0.4 is 5.32 Å². The Kier molecular flexibility index (Phi) is 5.58. The van der Waals surface area contributed by atoms with E-state index in [2.05, 4.69) is 37.8 Å². The predicted molar refractivity (Wildman–Crippen MR) is 82.6 cm³/mol. The Hall–Kier alpha value is -0.220. The smallest absolute Gasteiger partial charge is 0.240 e. The van der Waals surface area contributed by atoms with Gasteiger partial charge in [-0.15, -0.1) is 0 Å². The minimum Gasteiger partial charge on any atom is -0.339 e. The zero-order valence-electron chi connectivity index (χ0n) is 12.5. The van der Waals surface area contributed by atoms with Crippen LogP contribution in [0.5, 0.6) is 0 Å². The molecule has 2 fully saturated rings. The average Bonchev–Trinajstić information content (AvgIpc) is 2.74. The third kappa shape index (κ3) is 3.66. The first-order chi connectivity index (χ1) is 9.13. The van der Waals surface area contributed by atoms with E-state index < -0.39 is 0 Å². The van der Waals surface area contributed by atoms with Gasteiger partial charge in [0.15, 0.2) is 0 Å². The summed E-state index contributed by atoms with van der Waals surface area (Å²) in [6, 6.07) is 0.955. The van der Waals surface area contributed by atoms with Crippen molar-refractivity contribution < 1.29 is 4.79 Å². The molecule has 1 saturated heterocycles. The van der Waals surface area contributed by atoms with Crippen molar-refractivity contribution in [2.45, 2.75) is 76.3 Å². The van der Waals surface area contributed by atoms with Gasteiger partial charge in [0.2, 0.25) is 5.91 Å². The third-order valence-corrected chi connectivity index (χ3v) is 5.69. The van der Waals surface area contributed by atoms with Crippen molar-refractivity contribution in [1.82, 2.24) is 10.2 Å². The molecule has 19 heavy (non-hydrogen) atoms. The van der Waals surface area contributed by atoms with Crippen molar-refractivity contribution in [2.75, 3.05) is 12.3 Å². The van der Waals surface area contributed by atoms with Gasteiger partial charge in [-0.05, 0) is 38.9 Å². The van der Waals surface area contributed by atoms with Crippen molar-refractivity contribution in [3.8, 4) is 0 Å². The Bertz CT molecular complexity index is 307. The molecule has 0 unspecified atom stereocenters. The molecule has 4 heteroatoms. The van der Waals surface area contributed by atoms with Gasteiger partial charge in [-0.25, -0.2) is 0 Å². The van der Waals surface area contributed by atoms with E-state index in [1.165, 1.54) is 31.4 Å². The minimum atomic E-state index is 0.0745. The molecule has 1 heterocycles. The molecule has 1 amide bonds. The fourth-order valence-electron chi connectivity index (χ4n) is 3.33. The highest BCUT2D eigenvalue weighted by Gasteiger charge is 2.36. The first kappa shape index (κ1) is 15.2. The fourth-order valence-corrected chi connectivity index (χ4v) is 4.54. The Balaban J connectivity index is 1.91. The molecule has 0 radical (unpaired) electrons. The summed E-state index contributed by atoms with van der Waals surface area (Å²) in [6.07, 6.45) is 6.20. The van der Waals surface area contributed by atoms with E-state index >= 15 is 0 Å². The van der Waals surface area contributed by atoms with Gasteiger partial charge in [0.1, 0.15) is 0 Å². The van der Waals surface area contributed by atoms with Gasteiger partial charge in [0.25, 0.3) is 0 Å². The number of hydrogen-bond donors (Lipinski definition) is 1. The molecular formula is C15H28N2OS. The molecule has 2 rings (SSSR count). The third-order valence-electron chi connectivity index (χ3n) is 4.36. The topological polar surface area (TPSA) is 32.3 Å². The molecule has 0 bridgehead atoms. The molecule has 3 atom stereocenters. The first-order valence-electron chi connectivity index (χ1n) is 7.81. The average molecular weight is 284 g/mol. The molecular weight excluding hydrogens is 256 g/mol. The lowest BCUT2D eigenvalue weighted by Crippen LogP contribution is -2.49. The molecule has 0 spiro atoms. The van der Waals surface area contributed by atoms with Crippen molar-refractivity contribution >= 4 is 17.7 Å². The summed E-state index contributed by atoms with van der Waals surface area (Å²) < 4.78 is 0. The predicted octanol–water partition coefficient (Wildman–Crippen LogP) is 2.65. The summed E-state index contributed by atoms with van der Waals surface area (Å²) in [5.41, 5.74) is 0. The number of hydrogen-bond acceptors (Lipinski definition) is 3. The second-order valence-electron chi connectivity index (χ2n) is 6.02. The Labute approximate surface area is 121 Å². The maximum Gasteiger partial charge on any atom is 0.240 e. The van der Waals surface area contributed by atoms with Crippen LogP contribution in [0.2, 0.25) is 0 Å². The minimum absolute atomic E-state index is 0.0745. The van der Waals surface area contributed by atoms with Gasteiger partial charge in [-0.2, -0.15) is 11.8 Å². The summed E-state index contributed by atoms with van der Waals surface area (Å²) in [5, 5.41) is 4.38. The summed E-state index contributed by atoms with van der Waals surface area (Å²) >= 11 is 2.06. The van der Waals surface area contributed by atoms with Crippen LogP contribution in [0.3, 0.4) is 0 Å². The molecule has 1 saturated carbocycles. The van der Waals surface area contributed by atoms with Crippen LogP contribution >= 0.6 is 11.8 Å². The second kappa shape index (κ2) is 6.98. The number of rotatable bonds is 5. The Morgan fingerprint density at radius 3 is 2.68 bits per heavy atom. The van der Waals surface area contributed by atoms with E-state index in [4.69, 9.17) is 0 Å². The first-order valence-corrected chi connectivity index (χ1v) is 8.86. The summed E-state index contributed by atoms with van der Waals surface area (Å²) in [5.74, 6) is 1.50. The van der Waals surface area contributed by atoms with E-state index in [0.717, 1.165) is 13.0 Å². The van der Waals surface area contributed by atoms with Crippen LogP contribution in [0, 0.1) is 0 Å². The lowest BCUT2D eigenvalue weighted by Gasteiger charge is -2.33. The quantitative estimate of drug-likeness (QED) is 0.842. The maximum atomic E-state index is 12.3. The molecule has 3 nitrogen and oxygen atoms in total. The normalized spacial score (nSPS) is 32.3. The van der Waals surface area contributed by atoms with Crippen molar-refractivity contribution in [2.24, 2.45) is 0 Å². The van der Waals surface area contributed by atoms with Gasteiger partial charge in [-0.3, -0.25) is 4.79 Å². The standard InChI is InChI=1S/C15H28N2OS/c1-4-19-14-8-6-5-7-12(14)16-13-9-10-17(11(2)3)15(13)18/h11-14,16H,4-10H2,1-3H3/t12-,13+,14-/m1/s1. The number of likely N-dealkylation sites (tertiary alicyclic amines) is 1. The number of amides is 1. The molecule has 1 N–H and O–H groups in total. The Morgan fingerprint density at radius 2 is 2.05 bits per heavy atom. The number of carbonyl (C=O) groups excluding carboxylic acids is 1. The van der Waals surface area contributed by atoms with E-state index in [9.17, 15) is 4.79 Å². The highest BCUT2D eigenvalue weighted by Crippen LogP contribution is 2.29. The zero-order chi connectivity index (χ0) is 13.8. The lowest BCUT2D eigenvalue weighted by molar-refractivity contribution is -0.131. The summed E-state index contributed by atoms with van der Waals surface area (Å²) in [7, 11) is 0. The number of carbonyl (C=O) groups is 1. The number of nitrogens with one attached hydrogen (secondary N) is 1. The molecule has 0 aromatic carbocycles. The summed E-state index contributed by atoms with van der Waals surface area (Å²) in [6.45, 7) is 7.37. The highest BCUT2D eigenvalue weighted by molar-refractivity contribution is 7.99. The highest BCUT2D eigenvalue weighted by atomic mass is 32.2. The van der Waals surface area contributed by atoms with Crippen LogP contribution in [0.4, 0.5) is 0 Å². The van der Waals surface area contributed by atoms with Gasteiger partial charge in [0, 0.05) is 23.9 Å². The van der Waals surface area contributed by atoms with Crippen LogP contribution in [0.15, 0.2) is 0 Å². The van der Waals surface area contributed by atoms with Crippen molar-refractivity contribution in [1.29, 1.82) is 0 Å². The van der Waals surface area contributed by atoms with Gasteiger partial charge >= 0.3 is 0 Å². The monoisotopic (exact) mass is 284 g/mol. The lowest BCUT2D eigenvalue weighted by atomic mass is 9.94. The SMILES string of the molecule is CCS[C@@H]1CCCC[C@H]1N[C@H]1CCN(C(C)C)C1=O.